The third-order valence-corrected chi connectivity index (χ3v) is 7.19. The van der Waals surface area contributed by atoms with Crippen molar-refractivity contribution in [1.82, 2.24) is 9.47 Å². The van der Waals surface area contributed by atoms with Crippen LogP contribution in [0, 0.1) is 5.92 Å². The van der Waals surface area contributed by atoms with Crippen molar-refractivity contribution in [3.63, 3.8) is 0 Å². The molecule has 0 radical (unpaired) electrons. The summed E-state index contributed by atoms with van der Waals surface area (Å²) < 4.78 is 7.53. The summed E-state index contributed by atoms with van der Waals surface area (Å²) in [5.74, 6) is 1.78. The van der Waals surface area contributed by atoms with Crippen LogP contribution in [0.5, 0.6) is 0 Å². The largest absolute Gasteiger partial charge is 0.468 e. The molecule has 1 aromatic carbocycles. The standard InChI is InChI=1S/C23H21ClN2O3S/c24-17-4-6-18(7-5-17)30-14-21-19(8-9-29-21)23(28)25-11-15-10-16(13-25)20-2-1-3-22(27)26(20)12-15/h1-9,15-16H,10-14H2. The van der Waals surface area contributed by atoms with Crippen molar-refractivity contribution in [3.8, 4) is 0 Å². The second-order valence-corrected chi connectivity index (χ2v) is 9.39. The SMILES string of the molecule is O=C(c1ccoc1CSc1ccc(Cl)cc1)N1CC2CC(C1)c1cccc(=O)n1C2. The fourth-order valence-corrected chi connectivity index (χ4v) is 5.53. The number of nitrogens with zero attached hydrogens (tertiary/aromatic N) is 2. The molecule has 2 aliphatic rings. The van der Waals surface area contributed by atoms with Gasteiger partial charge in [-0.3, -0.25) is 9.59 Å². The molecule has 2 bridgehead atoms. The first-order valence-corrected chi connectivity index (χ1v) is 11.4. The van der Waals surface area contributed by atoms with E-state index >= 15 is 0 Å². The minimum Gasteiger partial charge on any atom is -0.468 e. The Morgan fingerprint density at radius 2 is 1.93 bits per heavy atom. The van der Waals surface area contributed by atoms with Gasteiger partial charge in [-0.1, -0.05) is 17.7 Å². The molecule has 1 fully saturated rings. The number of halogens is 1. The number of aromatic nitrogens is 1. The summed E-state index contributed by atoms with van der Waals surface area (Å²) in [5, 5.41) is 0.702. The first-order chi connectivity index (χ1) is 14.6. The lowest BCUT2D eigenvalue weighted by Crippen LogP contribution is -2.49. The molecule has 2 atom stereocenters. The van der Waals surface area contributed by atoms with Crippen LogP contribution in [0.4, 0.5) is 0 Å². The molecule has 4 heterocycles. The van der Waals surface area contributed by atoms with Crippen LogP contribution < -0.4 is 5.56 Å². The van der Waals surface area contributed by atoms with Crippen LogP contribution >= 0.6 is 23.4 Å². The molecular weight excluding hydrogens is 420 g/mol. The Morgan fingerprint density at radius 1 is 1.10 bits per heavy atom. The highest BCUT2D eigenvalue weighted by molar-refractivity contribution is 7.98. The van der Waals surface area contributed by atoms with Crippen molar-refractivity contribution in [2.24, 2.45) is 5.92 Å². The molecule has 2 aliphatic heterocycles. The third kappa shape index (κ3) is 3.70. The van der Waals surface area contributed by atoms with Gasteiger partial charge in [0, 0.05) is 47.2 Å². The highest BCUT2D eigenvalue weighted by atomic mass is 35.5. The van der Waals surface area contributed by atoms with Gasteiger partial charge in [0.2, 0.25) is 0 Å². The second kappa shape index (κ2) is 8.00. The zero-order valence-electron chi connectivity index (χ0n) is 16.3. The van der Waals surface area contributed by atoms with Gasteiger partial charge in [0.25, 0.3) is 11.5 Å². The monoisotopic (exact) mass is 440 g/mol. The first kappa shape index (κ1) is 19.5. The summed E-state index contributed by atoms with van der Waals surface area (Å²) in [6.07, 6.45) is 2.61. The molecule has 0 N–H and O–H groups in total. The third-order valence-electron chi connectivity index (χ3n) is 5.93. The number of pyridine rings is 1. The van der Waals surface area contributed by atoms with E-state index in [1.807, 2.05) is 45.9 Å². The van der Waals surface area contributed by atoms with Crippen LogP contribution in [0.25, 0.3) is 0 Å². The van der Waals surface area contributed by atoms with Crippen LogP contribution in [0.2, 0.25) is 5.02 Å². The predicted molar refractivity (Wildman–Crippen MR) is 117 cm³/mol. The minimum atomic E-state index is 0.0110. The van der Waals surface area contributed by atoms with Crippen molar-refractivity contribution in [3.05, 3.63) is 87.2 Å². The van der Waals surface area contributed by atoms with Crippen molar-refractivity contribution in [2.75, 3.05) is 13.1 Å². The lowest BCUT2D eigenvalue weighted by Gasteiger charge is -2.42. The fourth-order valence-electron chi connectivity index (χ4n) is 4.56. The highest BCUT2D eigenvalue weighted by Crippen LogP contribution is 2.36. The van der Waals surface area contributed by atoms with E-state index in [0.29, 0.717) is 47.7 Å². The number of thioether (sulfide) groups is 1. The topological polar surface area (TPSA) is 55.5 Å². The van der Waals surface area contributed by atoms with Gasteiger partial charge in [-0.05, 0) is 48.7 Å². The van der Waals surface area contributed by atoms with Gasteiger partial charge in [-0.25, -0.2) is 0 Å². The highest BCUT2D eigenvalue weighted by Gasteiger charge is 2.37. The number of hydrogen-bond donors (Lipinski definition) is 0. The van der Waals surface area contributed by atoms with Crippen molar-refractivity contribution in [2.45, 2.75) is 29.5 Å². The first-order valence-electron chi connectivity index (χ1n) is 10.0. The molecule has 7 heteroatoms. The van der Waals surface area contributed by atoms with E-state index in [4.69, 9.17) is 16.0 Å². The maximum Gasteiger partial charge on any atom is 0.257 e. The summed E-state index contributed by atoms with van der Waals surface area (Å²) in [6.45, 7) is 1.98. The van der Waals surface area contributed by atoms with Crippen molar-refractivity contribution >= 4 is 29.3 Å². The molecule has 0 aliphatic carbocycles. The number of carbonyl (C=O) groups is 1. The average Bonchev–Trinajstić information content (AvgIpc) is 3.22. The van der Waals surface area contributed by atoms with Gasteiger partial charge < -0.3 is 13.9 Å². The molecule has 154 valence electrons. The molecule has 3 aromatic rings. The number of fused-ring (bicyclic) bond motifs is 4. The van der Waals surface area contributed by atoms with Gasteiger partial charge in [-0.2, -0.15) is 0 Å². The number of furan rings is 1. The Balaban J connectivity index is 1.32. The van der Waals surface area contributed by atoms with E-state index < -0.39 is 0 Å². The summed E-state index contributed by atoms with van der Waals surface area (Å²) in [6, 6.07) is 14.8. The Bertz CT molecular complexity index is 1140. The number of hydrogen-bond acceptors (Lipinski definition) is 4. The van der Waals surface area contributed by atoms with Gasteiger partial charge in [0.05, 0.1) is 17.6 Å². The van der Waals surface area contributed by atoms with Crippen LogP contribution in [0.1, 0.15) is 34.2 Å². The van der Waals surface area contributed by atoms with E-state index in [2.05, 4.69) is 0 Å². The van der Waals surface area contributed by atoms with Crippen LogP contribution in [0.15, 0.2) is 68.9 Å². The molecule has 5 nitrogen and oxygen atoms in total. The van der Waals surface area contributed by atoms with Gasteiger partial charge in [-0.15, -0.1) is 11.8 Å². The van der Waals surface area contributed by atoms with Crippen molar-refractivity contribution < 1.29 is 9.21 Å². The van der Waals surface area contributed by atoms with E-state index in [9.17, 15) is 9.59 Å². The molecule has 2 unspecified atom stereocenters. The van der Waals surface area contributed by atoms with E-state index in [0.717, 1.165) is 17.0 Å². The Labute approximate surface area is 183 Å². The molecule has 0 saturated carbocycles. The number of benzene rings is 1. The molecule has 1 saturated heterocycles. The van der Waals surface area contributed by atoms with Crippen LogP contribution in [0.3, 0.4) is 0 Å². The van der Waals surface area contributed by atoms with Crippen molar-refractivity contribution in [1.29, 1.82) is 0 Å². The zero-order chi connectivity index (χ0) is 20.7. The molecule has 1 amide bonds. The van der Waals surface area contributed by atoms with E-state index in [1.165, 1.54) is 0 Å². The number of rotatable bonds is 4. The smallest absolute Gasteiger partial charge is 0.257 e. The molecular formula is C23H21ClN2O3S. The summed E-state index contributed by atoms with van der Waals surface area (Å²) in [7, 11) is 0. The van der Waals surface area contributed by atoms with E-state index in [-0.39, 0.29) is 17.4 Å². The number of carbonyl (C=O) groups excluding carboxylic acids is 1. The quantitative estimate of drug-likeness (QED) is 0.554. The summed E-state index contributed by atoms with van der Waals surface area (Å²) in [4.78, 5) is 28.5. The number of amides is 1. The molecule has 30 heavy (non-hydrogen) atoms. The Kier molecular flexibility index (Phi) is 5.21. The van der Waals surface area contributed by atoms with Gasteiger partial charge >= 0.3 is 0 Å². The molecule has 2 aromatic heterocycles. The second-order valence-electron chi connectivity index (χ2n) is 7.91. The predicted octanol–water partition coefficient (Wildman–Crippen LogP) is 4.65. The molecule has 0 spiro atoms. The lowest BCUT2D eigenvalue weighted by molar-refractivity contribution is 0.0592. The fraction of sp³-hybridized carbons (Fsp3) is 0.304. The van der Waals surface area contributed by atoms with Gasteiger partial charge in [0.15, 0.2) is 0 Å². The van der Waals surface area contributed by atoms with Crippen LogP contribution in [-0.2, 0) is 12.3 Å². The summed E-state index contributed by atoms with van der Waals surface area (Å²) in [5.41, 5.74) is 1.72. The van der Waals surface area contributed by atoms with Gasteiger partial charge in [0.1, 0.15) is 5.76 Å². The lowest BCUT2D eigenvalue weighted by atomic mass is 9.83. The maximum atomic E-state index is 13.3. The maximum absolute atomic E-state index is 13.3. The minimum absolute atomic E-state index is 0.0110. The average molecular weight is 441 g/mol. The Hall–Kier alpha value is -2.44. The number of piperidine rings is 1. The summed E-state index contributed by atoms with van der Waals surface area (Å²) >= 11 is 7.56. The number of likely N-dealkylation sites (tertiary alicyclic amines) is 1. The Morgan fingerprint density at radius 3 is 2.77 bits per heavy atom. The van der Waals surface area contributed by atoms with Crippen LogP contribution in [-0.4, -0.2) is 28.5 Å². The normalized spacial score (nSPS) is 20.1. The van der Waals surface area contributed by atoms with E-state index in [1.54, 1.807) is 30.2 Å². The zero-order valence-corrected chi connectivity index (χ0v) is 17.9. The molecule has 5 rings (SSSR count).